The van der Waals surface area contributed by atoms with Gasteiger partial charge in [-0.3, -0.25) is 10.1 Å². The third kappa shape index (κ3) is 2.48. The van der Waals surface area contributed by atoms with Crippen molar-refractivity contribution in [3.63, 3.8) is 0 Å². The average molecular weight is 284 g/mol. The summed E-state index contributed by atoms with van der Waals surface area (Å²) < 4.78 is 26.3. The zero-order chi connectivity index (χ0) is 14.0. The van der Waals surface area contributed by atoms with Gasteiger partial charge in [-0.05, 0) is 18.9 Å². The maximum Gasteiger partial charge on any atom is 0.289 e. The summed E-state index contributed by atoms with van der Waals surface area (Å²) in [5, 5.41) is 10.9. The van der Waals surface area contributed by atoms with Gasteiger partial charge in [0.15, 0.2) is 4.90 Å². The van der Waals surface area contributed by atoms with Crippen LogP contribution >= 0.6 is 0 Å². The molecule has 19 heavy (non-hydrogen) atoms. The number of nitro benzene ring substituents is 1. The highest BCUT2D eigenvalue weighted by atomic mass is 32.2. The zero-order valence-corrected chi connectivity index (χ0v) is 11.5. The first-order valence-electron chi connectivity index (χ1n) is 6.23. The number of nitro groups is 1. The summed E-state index contributed by atoms with van der Waals surface area (Å²) in [6, 6.07) is 5.48. The topological polar surface area (TPSA) is 80.5 Å². The molecule has 0 aliphatic carbocycles. The number of benzene rings is 1. The Morgan fingerprint density at radius 1 is 1.42 bits per heavy atom. The van der Waals surface area contributed by atoms with Gasteiger partial charge in [0.05, 0.1) is 4.92 Å². The zero-order valence-electron chi connectivity index (χ0n) is 10.7. The van der Waals surface area contributed by atoms with Crippen molar-refractivity contribution in [1.82, 2.24) is 4.31 Å². The van der Waals surface area contributed by atoms with E-state index in [1.165, 1.54) is 28.6 Å². The number of sulfonamides is 1. The van der Waals surface area contributed by atoms with Crippen molar-refractivity contribution in [2.75, 3.05) is 6.54 Å². The highest BCUT2D eigenvalue weighted by Gasteiger charge is 2.40. The second-order valence-corrected chi connectivity index (χ2v) is 6.43. The van der Waals surface area contributed by atoms with Crippen LogP contribution in [0.5, 0.6) is 0 Å². The predicted octanol–water partition coefficient (Wildman–Crippen LogP) is 2.16. The maximum atomic E-state index is 12.4. The number of para-hydroxylation sites is 1. The first-order valence-corrected chi connectivity index (χ1v) is 7.67. The van der Waals surface area contributed by atoms with Gasteiger partial charge in [-0.1, -0.05) is 25.5 Å². The van der Waals surface area contributed by atoms with E-state index in [2.05, 4.69) is 0 Å². The predicted molar refractivity (Wildman–Crippen MR) is 70.3 cm³/mol. The van der Waals surface area contributed by atoms with Crippen LogP contribution in [0, 0.1) is 10.1 Å². The molecule has 0 aromatic heterocycles. The molecule has 1 unspecified atom stereocenters. The van der Waals surface area contributed by atoms with Crippen LogP contribution in [0.25, 0.3) is 0 Å². The standard InChI is InChI=1S/C12H16N2O4S/c1-2-5-10-8-9-13(10)19(17,18)12-7-4-3-6-11(12)14(15)16/h3-4,6-7,10H,2,5,8-9H2,1H3. The molecule has 0 saturated carbocycles. The monoisotopic (exact) mass is 284 g/mol. The summed E-state index contributed by atoms with van der Waals surface area (Å²) in [4.78, 5) is 10.1. The van der Waals surface area contributed by atoms with Gasteiger partial charge < -0.3 is 0 Å². The van der Waals surface area contributed by atoms with E-state index in [0.717, 1.165) is 19.3 Å². The van der Waals surface area contributed by atoms with Crippen molar-refractivity contribution in [2.24, 2.45) is 0 Å². The van der Waals surface area contributed by atoms with Crippen molar-refractivity contribution in [3.05, 3.63) is 34.4 Å². The molecule has 0 amide bonds. The smallest absolute Gasteiger partial charge is 0.258 e. The molecular formula is C12H16N2O4S. The van der Waals surface area contributed by atoms with E-state index in [9.17, 15) is 18.5 Å². The normalized spacial score (nSPS) is 19.9. The van der Waals surface area contributed by atoms with Gasteiger partial charge in [-0.25, -0.2) is 8.42 Å². The fraction of sp³-hybridized carbons (Fsp3) is 0.500. The number of hydrogen-bond acceptors (Lipinski definition) is 4. The minimum Gasteiger partial charge on any atom is -0.258 e. The van der Waals surface area contributed by atoms with Crippen LogP contribution in [-0.2, 0) is 10.0 Å². The second kappa shape index (κ2) is 5.26. The summed E-state index contributed by atoms with van der Waals surface area (Å²) in [7, 11) is -3.76. The number of hydrogen-bond donors (Lipinski definition) is 0. The molecule has 1 heterocycles. The van der Waals surface area contributed by atoms with Crippen LogP contribution < -0.4 is 0 Å². The lowest BCUT2D eigenvalue weighted by Crippen LogP contribution is -2.50. The Hall–Kier alpha value is -1.47. The van der Waals surface area contributed by atoms with Gasteiger partial charge in [-0.15, -0.1) is 0 Å². The lowest BCUT2D eigenvalue weighted by Gasteiger charge is -2.39. The molecule has 1 aromatic carbocycles. The molecule has 1 saturated heterocycles. The van der Waals surface area contributed by atoms with Crippen LogP contribution in [0.1, 0.15) is 26.2 Å². The molecule has 2 rings (SSSR count). The van der Waals surface area contributed by atoms with Gasteiger partial charge >= 0.3 is 0 Å². The maximum absolute atomic E-state index is 12.4. The van der Waals surface area contributed by atoms with E-state index in [0.29, 0.717) is 6.54 Å². The summed E-state index contributed by atoms with van der Waals surface area (Å²) >= 11 is 0. The minimum absolute atomic E-state index is 0.0187. The van der Waals surface area contributed by atoms with Gasteiger partial charge in [0, 0.05) is 18.7 Å². The third-order valence-corrected chi connectivity index (χ3v) is 5.36. The Balaban J connectivity index is 2.38. The molecule has 0 bridgehead atoms. The molecule has 1 atom stereocenters. The van der Waals surface area contributed by atoms with E-state index in [1.54, 1.807) is 0 Å². The average Bonchev–Trinajstić information content (AvgIpc) is 2.34. The molecule has 104 valence electrons. The fourth-order valence-corrected chi connectivity index (χ4v) is 4.17. The first-order chi connectivity index (χ1) is 8.98. The third-order valence-electron chi connectivity index (χ3n) is 3.36. The van der Waals surface area contributed by atoms with E-state index >= 15 is 0 Å². The largest absolute Gasteiger partial charge is 0.289 e. The molecule has 1 aliphatic heterocycles. The molecule has 0 N–H and O–H groups in total. The van der Waals surface area contributed by atoms with E-state index in [1.807, 2.05) is 6.92 Å². The van der Waals surface area contributed by atoms with E-state index in [4.69, 9.17) is 0 Å². The van der Waals surface area contributed by atoms with Crippen LogP contribution in [0.3, 0.4) is 0 Å². The van der Waals surface area contributed by atoms with E-state index in [-0.39, 0.29) is 16.6 Å². The van der Waals surface area contributed by atoms with Crippen molar-refractivity contribution < 1.29 is 13.3 Å². The quantitative estimate of drug-likeness (QED) is 0.613. The van der Waals surface area contributed by atoms with Gasteiger partial charge in [0.2, 0.25) is 10.0 Å². The van der Waals surface area contributed by atoms with Crippen LogP contribution in [0.15, 0.2) is 29.2 Å². The molecule has 7 heteroatoms. The first kappa shape index (κ1) is 14.0. The fourth-order valence-electron chi connectivity index (χ4n) is 2.31. The van der Waals surface area contributed by atoms with Crippen LogP contribution in [-0.4, -0.2) is 30.2 Å². The summed E-state index contributed by atoms with van der Waals surface area (Å²) in [6.45, 7) is 2.44. The number of nitrogens with zero attached hydrogens (tertiary/aromatic N) is 2. The molecule has 1 aliphatic rings. The molecular weight excluding hydrogens is 268 g/mol. The SMILES string of the molecule is CCCC1CCN1S(=O)(=O)c1ccccc1[N+](=O)[O-]. The van der Waals surface area contributed by atoms with Crippen molar-refractivity contribution in [2.45, 2.75) is 37.1 Å². The molecule has 0 spiro atoms. The number of rotatable bonds is 5. The summed E-state index contributed by atoms with van der Waals surface area (Å²) in [6.07, 6.45) is 2.52. The lowest BCUT2D eigenvalue weighted by atomic mass is 10.0. The Labute approximate surface area is 112 Å². The molecule has 6 nitrogen and oxygen atoms in total. The Morgan fingerprint density at radius 3 is 2.63 bits per heavy atom. The second-order valence-electron chi connectivity index (χ2n) is 4.57. The highest BCUT2D eigenvalue weighted by Crippen LogP contribution is 2.33. The molecule has 1 aromatic rings. The van der Waals surface area contributed by atoms with Crippen LogP contribution in [0.2, 0.25) is 0 Å². The summed E-state index contributed by atoms with van der Waals surface area (Å²) in [5.41, 5.74) is -0.357. The van der Waals surface area contributed by atoms with Gasteiger partial charge in [0.1, 0.15) is 0 Å². The highest BCUT2D eigenvalue weighted by molar-refractivity contribution is 7.89. The lowest BCUT2D eigenvalue weighted by molar-refractivity contribution is -0.387. The van der Waals surface area contributed by atoms with Crippen molar-refractivity contribution in [3.8, 4) is 0 Å². The van der Waals surface area contributed by atoms with E-state index < -0.39 is 14.9 Å². The van der Waals surface area contributed by atoms with Crippen molar-refractivity contribution >= 4 is 15.7 Å². The molecule has 0 radical (unpaired) electrons. The molecule has 1 fully saturated rings. The Kier molecular flexibility index (Phi) is 3.86. The van der Waals surface area contributed by atoms with Crippen LogP contribution in [0.4, 0.5) is 5.69 Å². The minimum atomic E-state index is -3.76. The summed E-state index contributed by atoms with van der Waals surface area (Å²) in [5.74, 6) is 0. The van der Waals surface area contributed by atoms with Crippen molar-refractivity contribution in [1.29, 1.82) is 0 Å². The Morgan fingerprint density at radius 2 is 2.11 bits per heavy atom. The van der Waals surface area contributed by atoms with Gasteiger partial charge in [-0.2, -0.15) is 4.31 Å². The van der Waals surface area contributed by atoms with Gasteiger partial charge in [0.25, 0.3) is 5.69 Å². The Bertz CT molecular complexity index is 585.